The number of rotatable bonds is 4. The molecule has 2 heterocycles. The Morgan fingerprint density at radius 2 is 1.47 bits per heavy atom. The highest BCUT2D eigenvalue weighted by molar-refractivity contribution is 5.90. The van der Waals surface area contributed by atoms with Gasteiger partial charge in [-0.2, -0.15) is 0 Å². The van der Waals surface area contributed by atoms with Gasteiger partial charge in [0, 0.05) is 36.4 Å². The number of carbonyl (C=O) groups is 2. The highest BCUT2D eigenvalue weighted by Crippen LogP contribution is 2.43. The predicted octanol–water partition coefficient (Wildman–Crippen LogP) is 5.12. The maximum Gasteiger partial charge on any atom is 0.321 e. The summed E-state index contributed by atoms with van der Waals surface area (Å²) in [6.07, 6.45) is 1.61. The van der Waals surface area contributed by atoms with E-state index in [0.717, 1.165) is 24.0 Å². The molecule has 0 unspecified atom stereocenters. The van der Waals surface area contributed by atoms with Crippen LogP contribution in [-0.4, -0.2) is 36.5 Å². The van der Waals surface area contributed by atoms with Crippen molar-refractivity contribution < 1.29 is 18.7 Å². The van der Waals surface area contributed by atoms with Crippen LogP contribution >= 0.6 is 0 Å². The molecule has 6 nitrogen and oxygen atoms in total. The van der Waals surface area contributed by atoms with Crippen molar-refractivity contribution in [2.24, 2.45) is 5.92 Å². The quantitative estimate of drug-likeness (QED) is 0.569. The van der Waals surface area contributed by atoms with Gasteiger partial charge in [-0.1, -0.05) is 36.4 Å². The minimum atomic E-state index is -0.414. The van der Waals surface area contributed by atoms with Crippen molar-refractivity contribution in [3.63, 3.8) is 0 Å². The van der Waals surface area contributed by atoms with Crippen LogP contribution in [0.2, 0.25) is 0 Å². The monoisotopic (exact) mass is 459 g/mol. The molecular formula is C27H26FN3O3. The fraction of sp³-hybridized carbons (Fsp3) is 0.259. The van der Waals surface area contributed by atoms with Gasteiger partial charge in [0.2, 0.25) is 5.91 Å². The van der Waals surface area contributed by atoms with Crippen LogP contribution in [0.4, 0.5) is 14.9 Å². The summed E-state index contributed by atoms with van der Waals surface area (Å²) in [4.78, 5) is 27.6. The van der Waals surface area contributed by atoms with E-state index in [1.807, 2.05) is 48.5 Å². The van der Waals surface area contributed by atoms with Crippen molar-refractivity contribution in [1.82, 2.24) is 10.2 Å². The Morgan fingerprint density at radius 1 is 0.882 bits per heavy atom. The zero-order chi connectivity index (χ0) is 23.5. The number of urea groups is 1. The van der Waals surface area contributed by atoms with Gasteiger partial charge in [0.25, 0.3) is 0 Å². The molecule has 0 aromatic heterocycles. The van der Waals surface area contributed by atoms with E-state index in [2.05, 4.69) is 10.6 Å². The fourth-order valence-electron chi connectivity index (χ4n) is 4.62. The zero-order valence-electron chi connectivity index (χ0n) is 18.7. The van der Waals surface area contributed by atoms with E-state index in [-0.39, 0.29) is 17.8 Å². The Hall–Kier alpha value is -3.87. The lowest BCUT2D eigenvalue weighted by molar-refractivity contribution is -0.122. The van der Waals surface area contributed by atoms with Crippen LogP contribution in [0.1, 0.15) is 29.9 Å². The summed E-state index contributed by atoms with van der Waals surface area (Å²) < 4.78 is 19.1. The number of likely N-dealkylation sites (tertiary alicyclic amines) is 1. The largest absolute Gasteiger partial charge is 0.457 e. The number of nitrogens with zero attached hydrogens (tertiary/aromatic N) is 1. The van der Waals surface area contributed by atoms with Crippen LogP contribution in [0.5, 0.6) is 11.5 Å². The topological polar surface area (TPSA) is 70.7 Å². The number of hydrogen-bond donors (Lipinski definition) is 2. The number of ether oxygens (including phenoxy) is 1. The van der Waals surface area contributed by atoms with E-state index >= 15 is 0 Å². The molecule has 0 spiro atoms. The first-order valence-electron chi connectivity index (χ1n) is 11.5. The molecule has 0 bridgehead atoms. The third-order valence-corrected chi connectivity index (χ3v) is 6.50. The Morgan fingerprint density at radius 3 is 2.09 bits per heavy atom. The van der Waals surface area contributed by atoms with Crippen molar-refractivity contribution >= 4 is 17.6 Å². The summed E-state index contributed by atoms with van der Waals surface area (Å²) in [5.41, 5.74) is 2.30. The van der Waals surface area contributed by atoms with Crippen LogP contribution < -0.4 is 15.4 Å². The summed E-state index contributed by atoms with van der Waals surface area (Å²) in [5.74, 6) is 0.920. The smallest absolute Gasteiger partial charge is 0.321 e. The number of benzene rings is 3. The van der Waals surface area contributed by atoms with Crippen LogP contribution in [0.25, 0.3) is 0 Å². The van der Waals surface area contributed by atoms with Crippen molar-refractivity contribution in [2.75, 3.05) is 25.0 Å². The molecule has 7 heteroatoms. The molecule has 174 valence electrons. The molecule has 34 heavy (non-hydrogen) atoms. The maximum absolute atomic E-state index is 13.3. The zero-order valence-corrected chi connectivity index (χ0v) is 18.7. The number of carbonyl (C=O) groups excluding carboxylic acids is 2. The third-order valence-electron chi connectivity index (χ3n) is 6.50. The number of hydrogen-bond acceptors (Lipinski definition) is 3. The molecule has 2 N–H and O–H groups in total. The summed E-state index contributed by atoms with van der Waals surface area (Å²) in [5, 5.41) is 5.95. The lowest BCUT2D eigenvalue weighted by atomic mass is 9.87. The van der Waals surface area contributed by atoms with Gasteiger partial charge in [-0.05, 0) is 55.2 Å². The second-order valence-electron chi connectivity index (χ2n) is 8.72. The lowest BCUT2D eigenvalue weighted by Crippen LogP contribution is -2.44. The van der Waals surface area contributed by atoms with Gasteiger partial charge in [0.15, 0.2) is 0 Å². The SMILES string of the molecule is O=C(NCC1CCN(C(=O)Nc2ccc(F)cc2)CC1)C1c2ccccc2Oc2ccccc21. The minimum Gasteiger partial charge on any atom is -0.457 e. The van der Waals surface area contributed by atoms with Crippen molar-refractivity contribution in [1.29, 1.82) is 0 Å². The summed E-state index contributed by atoms with van der Waals surface area (Å²) in [6.45, 7) is 1.78. The second kappa shape index (κ2) is 9.55. The van der Waals surface area contributed by atoms with Gasteiger partial charge in [0.05, 0.1) is 5.92 Å². The maximum atomic E-state index is 13.3. The Bertz CT molecular complexity index is 1140. The molecule has 0 saturated carbocycles. The molecule has 0 atom stereocenters. The average Bonchev–Trinajstić information content (AvgIpc) is 2.87. The second-order valence-corrected chi connectivity index (χ2v) is 8.72. The van der Waals surface area contributed by atoms with Crippen molar-refractivity contribution in [2.45, 2.75) is 18.8 Å². The Labute approximate surface area is 197 Å². The van der Waals surface area contributed by atoms with Gasteiger partial charge in [-0.25, -0.2) is 9.18 Å². The highest BCUT2D eigenvalue weighted by atomic mass is 19.1. The molecule has 0 aliphatic carbocycles. The summed E-state index contributed by atoms with van der Waals surface area (Å²) in [6, 6.07) is 20.8. The molecule has 1 saturated heterocycles. The average molecular weight is 460 g/mol. The van der Waals surface area contributed by atoms with E-state index in [9.17, 15) is 14.0 Å². The van der Waals surface area contributed by atoms with Crippen molar-refractivity contribution in [3.05, 3.63) is 89.7 Å². The van der Waals surface area contributed by atoms with E-state index < -0.39 is 5.92 Å². The number of piperidine rings is 1. The van der Waals surface area contributed by atoms with E-state index in [4.69, 9.17) is 4.74 Å². The molecule has 1 fully saturated rings. The van der Waals surface area contributed by atoms with Gasteiger partial charge >= 0.3 is 6.03 Å². The molecule has 5 rings (SSSR count). The van der Waals surface area contributed by atoms with E-state index in [1.165, 1.54) is 12.1 Å². The molecule has 3 aromatic rings. The Kier molecular flexibility index (Phi) is 6.16. The molecule has 0 radical (unpaired) electrons. The molecule has 3 amide bonds. The standard InChI is InChI=1S/C27H26FN3O3/c28-19-9-11-20(12-10-19)30-27(33)31-15-13-18(14-16-31)17-29-26(32)25-21-5-1-3-7-23(21)34-24-8-4-2-6-22(24)25/h1-12,18,25H,13-17H2,(H,29,32)(H,30,33). The predicted molar refractivity (Wildman–Crippen MR) is 128 cm³/mol. The molecular weight excluding hydrogens is 433 g/mol. The van der Waals surface area contributed by atoms with Gasteiger partial charge < -0.3 is 20.3 Å². The summed E-state index contributed by atoms with van der Waals surface area (Å²) >= 11 is 0. The van der Waals surface area contributed by atoms with E-state index in [1.54, 1.807) is 17.0 Å². The number of anilines is 1. The number of nitrogens with one attached hydrogen (secondary N) is 2. The van der Waals surface area contributed by atoms with Crippen LogP contribution in [-0.2, 0) is 4.79 Å². The first-order chi connectivity index (χ1) is 16.6. The molecule has 3 aromatic carbocycles. The first-order valence-corrected chi connectivity index (χ1v) is 11.5. The Balaban J connectivity index is 1.17. The van der Waals surface area contributed by atoms with Gasteiger partial charge in [-0.15, -0.1) is 0 Å². The lowest BCUT2D eigenvalue weighted by Gasteiger charge is -2.33. The van der Waals surface area contributed by atoms with Gasteiger partial charge in [0.1, 0.15) is 17.3 Å². The van der Waals surface area contributed by atoms with Gasteiger partial charge in [-0.3, -0.25) is 4.79 Å². The van der Waals surface area contributed by atoms with Crippen LogP contribution in [0.3, 0.4) is 0 Å². The first kappa shape index (κ1) is 21.9. The van der Waals surface area contributed by atoms with Crippen molar-refractivity contribution in [3.8, 4) is 11.5 Å². The van der Waals surface area contributed by atoms with Crippen LogP contribution in [0.15, 0.2) is 72.8 Å². The van der Waals surface area contributed by atoms with Crippen LogP contribution in [0, 0.1) is 11.7 Å². The third kappa shape index (κ3) is 4.59. The fourth-order valence-corrected chi connectivity index (χ4v) is 4.62. The highest BCUT2D eigenvalue weighted by Gasteiger charge is 2.33. The number of fused-ring (bicyclic) bond motifs is 2. The molecule has 2 aliphatic rings. The number of halogens is 1. The minimum absolute atomic E-state index is 0.0420. The summed E-state index contributed by atoms with van der Waals surface area (Å²) in [7, 11) is 0. The normalized spacial score (nSPS) is 15.6. The number of para-hydroxylation sites is 2. The van der Waals surface area contributed by atoms with E-state index in [0.29, 0.717) is 42.7 Å². The molecule has 2 aliphatic heterocycles. The number of amides is 3.